The van der Waals surface area contributed by atoms with Crippen molar-refractivity contribution in [1.82, 2.24) is 10.3 Å². The second kappa shape index (κ2) is 7.10. The maximum absolute atomic E-state index is 5.82. The summed E-state index contributed by atoms with van der Waals surface area (Å²) in [6.07, 6.45) is 4.50. The van der Waals surface area contributed by atoms with Crippen molar-refractivity contribution in [1.29, 1.82) is 0 Å². The summed E-state index contributed by atoms with van der Waals surface area (Å²) in [5, 5.41) is 3.33. The van der Waals surface area contributed by atoms with Crippen molar-refractivity contribution in [2.45, 2.75) is 39.8 Å². The third-order valence-electron chi connectivity index (χ3n) is 2.82. The molecule has 2 heterocycles. The number of hydrogen-bond donors (Lipinski definition) is 1. The maximum Gasteiger partial charge on any atom is 0.138 e. The molecule has 0 amide bonds. The molecule has 0 atom stereocenters. The lowest BCUT2D eigenvalue weighted by atomic mass is 10.2. The molecule has 1 N–H and O–H groups in total. The summed E-state index contributed by atoms with van der Waals surface area (Å²) in [7, 11) is 0. The van der Waals surface area contributed by atoms with Gasteiger partial charge in [0.15, 0.2) is 0 Å². The first-order chi connectivity index (χ1) is 9.69. The molecule has 0 unspecified atom stereocenters. The minimum atomic E-state index is 0.441. The summed E-state index contributed by atoms with van der Waals surface area (Å²) >= 11 is 0. The van der Waals surface area contributed by atoms with E-state index in [-0.39, 0.29) is 0 Å². The minimum absolute atomic E-state index is 0.441. The number of hydrogen-bond acceptors (Lipinski definition) is 4. The third kappa shape index (κ3) is 4.10. The summed E-state index contributed by atoms with van der Waals surface area (Å²) < 4.78 is 11.4. The molecule has 0 saturated heterocycles. The zero-order chi connectivity index (χ0) is 14.4. The van der Waals surface area contributed by atoms with Gasteiger partial charge in [-0.2, -0.15) is 0 Å². The van der Waals surface area contributed by atoms with Crippen LogP contribution in [0.1, 0.15) is 33.0 Å². The van der Waals surface area contributed by atoms with Crippen molar-refractivity contribution in [3.63, 3.8) is 0 Å². The Hall–Kier alpha value is -1.81. The predicted molar refractivity (Wildman–Crippen MR) is 79.7 cm³/mol. The lowest BCUT2D eigenvalue weighted by Gasteiger charge is -2.06. The molecule has 20 heavy (non-hydrogen) atoms. The Morgan fingerprint density at radius 1 is 1.30 bits per heavy atom. The lowest BCUT2D eigenvalue weighted by molar-refractivity contribution is 0.316. The van der Waals surface area contributed by atoms with Crippen molar-refractivity contribution in [2.24, 2.45) is 0 Å². The first-order valence-corrected chi connectivity index (χ1v) is 7.09. The predicted octanol–water partition coefficient (Wildman–Crippen LogP) is 3.63. The van der Waals surface area contributed by atoms with Gasteiger partial charge in [0.05, 0.1) is 19.3 Å². The maximum atomic E-state index is 5.82. The number of ether oxygens (including phenoxy) is 1. The van der Waals surface area contributed by atoms with Crippen LogP contribution in [0.4, 0.5) is 0 Å². The molecule has 2 rings (SSSR count). The van der Waals surface area contributed by atoms with Gasteiger partial charge in [-0.15, -0.1) is 0 Å². The van der Waals surface area contributed by atoms with E-state index in [1.807, 2.05) is 18.2 Å². The molecule has 4 heteroatoms. The van der Waals surface area contributed by atoms with Crippen LogP contribution in [0.3, 0.4) is 0 Å². The van der Waals surface area contributed by atoms with Crippen LogP contribution < -0.4 is 10.1 Å². The van der Waals surface area contributed by atoms with E-state index in [2.05, 4.69) is 31.1 Å². The molecule has 0 saturated carbocycles. The molecule has 0 radical (unpaired) electrons. The van der Waals surface area contributed by atoms with E-state index in [9.17, 15) is 0 Å². The quantitative estimate of drug-likeness (QED) is 0.837. The number of aromatic nitrogens is 1. The number of furan rings is 1. The average Bonchev–Trinajstić information content (AvgIpc) is 2.92. The fourth-order valence-corrected chi connectivity index (χ4v) is 1.79. The summed E-state index contributed by atoms with van der Waals surface area (Å²) in [5.41, 5.74) is 0.939. The van der Waals surface area contributed by atoms with Crippen molar-refractivity contribution in [2.75, 3.05) is 6.61 Å². The van der Waals surface area contributed by atoms with E-state index in [1.165, 1.54) is 0 Å². The SMILES string of the molecule is CCCOc1cncc(-c2ccc(CNC(C)C)o2)c1. The molecule has 0 fully saturated rings. The fourth-order valence-electron chi connectivity index (χ4n) is 1.79. The fraction of sp³-hybridized carbons (Fsp3) is 0.438. The van der Waals surface area contributed by atoms with Gasteiger partial charge in [0.25, 0.3) is 0 Å². The molecule has 2 aromatic heterocycles. The third-order valence-corrected chi connectivity index (χ3v) is 2.82. The second-order valence-electron chi connectivity index (χ2n) is 5.06. The molecule has 0 aliphatic heterocycles. The monoisotopic (exact) mass is 274 g/mol. The van der Waals surface area contributed by atoms with E-state index in [1.54, 1.807) is 12.4 Å². The molecule has 0 bridgehead atoms. The minimum Gasteiger partial charge on any atom is -0.492 e. The van der Waals surface area contributed by atoms with Gasteiger partial charge in [-0.1, -0.05) is 20.8 Å². The van der Waals surface area contributed by atoms with Gasteiger partial charge in [0.1, 0.15) is 17.3 Å². The van der Waals surface area contributed by atoms with Gasteiger partial charge >= 0.3 is 0 Å². The number of nitrogens with zero attached hydrogens (tertiary/aromatic N) is 1. The lowest BCUT2D eigenvalue weighted by Crippen LogP contribution is -2.21. The van der Waals surface area contributed by atoms with Gasteiger partial charge in [0.2, 0.25) is 0 Å². The molecule has 0 aliphatic carbocycles. The summed E-state index contributed by atoms with van der Waals surface area (Å²) in [6.45, 7) is 7.74. The van der Waals surface area contributed by atoms with E-state index >= 15 is 0 Å². The molecule has 0 aromatic carbocycles. The smallest absolute Gasteiger partial charge is 0.138 e. The van der Waals surface area contributed by atoms with E-state index < -0.39 is 0 Å². The molecule has 0 aliphatic rings. The highest BCUT2D eigenvalue weighted by Gasteiger charge is 2.07. The Morgan fingerprint density at radius 3 is 2.90 bits per heavy atom. The van der Waals surface area contributed by atoms with Gasteiger partial charge in [-0.25, -0.2) is 0 Å². The van der Waals surface area contributed by atoms with E-state index in [0.717, 1.165) is 35.8 Å². The molecular weight excluding hydrogens is 252 g/mol. The molecule has 4 nitrogen and oxygen atoms in total. The topological polar surface area (TPSA) is 47.3 Å². The van der Waals surface area contributed by atoms with Crippen molar-refractivity contribution in [3.8, 4) is 17.1 Å². The standard InChI is InChI=1S/C16H22N2O2/c1-4-7-19-15-8-13(9-17-10-15)16-6-5-14(20-16)11-18-12(2)3/h5-6,8-10,12,18H,4,7,11H2,1-3H3. The summed E-state index contributed by atoms with van der Waals surface area (Å²) in [6, 6.07) is 6.36. The first-order valence-electron chi connectivity index (χ1n) is 7.09. The highest BCUT2D eigenvalue weighted by molar-refractivity contribution is 5.58. The Labute approximate surface area is 120 Å². The van der Waals surface area contributed by atoms with Gasteiger partial charge < -0.3 is 14.5 Å². The van der Waals surface area contributed by atoms with Crippen molar-refractivity contribution in [3.05, 3.63) is 36.4 Å². The van der Waals surface area contributed by atoms with Crippen LogP contribution in [0.25, 0.3) is 11.3 Å². The van der Waals surface area contributed by atoms with E-state index in [4.69, 9.17) is 9.15 Å². The number of pyridine rings is 1. The zero-order valence-electron chi connectivity index (χ0n) is 12.3. The summed E-state index contributed by atoms with van der Waals surface area (Å²) in [5.74, 6) is 2.52. The Bertz CT molecular complexity index is 535. The van der Waals surface area contributed by atoms with Crippen LogP contribution in [0.2, 0.25) is 0 Å². The van der Waals surface area contributed by atoms with Crippen molar-refractivity contribution < 1.29 is 9.15 Å². The molecular formula is C16H22N2O2. The summed E-state index contributed by atoms with van der Waals surface area (Å²) in [4.78, 5) is 4.20. The first kappa shape index (κ1) is 14.6. The van der Waals surface area contributed by atoms with Crippen molar-refractivity contribution >= 4 is 0 Å². The second-order valence-corrected chi connectivity index (χ2v) is 5.06. The normalized spacial score (nSPS) is 11.0. The van der Waals surface area contributed by atoms with Crippen LogP contribution in [0.5, 0.6) is 5.75 Å². The van der Waals surface area contributed by atoms with Gasteiger partial charge in [-0.05, 0) is 24.6 Å². The average molecular weight is 274 g/mol. The Kier molecular flexibility index (Phi) is 5.18. The van der Waals surface area contributed by atoms with Crippen LogP contribution in [-0.2, 0) is 6.54 Å². The number of nitrogens with one attached hydrogen (secondary N) is 1. The van der Waals surface area contributed by atoms with Crippen LogP contribution in [0, 0.1) is 0 Å². The zero-order valence-corrected chi connectivity index (χ0v) is 12.3. The molecule has 2 aromatic rings. The van der Waals surface area contributed by atoms with Gasteiger partial charge in [0, 0.05) is 17.8 Å². The Balaban J connectivity index is 2.07. The van der Waals surface area contributed by atoms with Gasteiger partial charge in [-0.3, -0.25) is 4.98 Å². The molecule has 108 valence electrons. The highest BCUT2D eigenvalue weighted by Crippen LogP contribution is 2.24. The highest BCUT2D eigenvalue weighted by atomic mass is 16.5. The van der Waals surface area contributed by atoms with E-state index in [0.29, 0.717) is 12.6 Å². The largest absolute Gasteiger partial charge is 0.492 e. The number of rotatable bonds is 7. The van der Waals surface area contributed by atoms with Crippen LogP contribution in [0.15, 0.2) is 35.0 Å². The molecule has 0 spiro atoms. The Morgan fingerprint density at radius 2 is 2.15 bits per heavy atom. The van der Waals surface area contributed by atoms with Crippen LogP contribution >= 0.6 is 0 Å². The van der Waals surface area contributed by atoms with Crippen LogP contribution in [-0.4, -0.2) is 17.6 Å².